The van der Waals surface area contributed by atoms with Crippen molar-refractivity contribution < 1.29 is 9.47 Å². The lowest BCUT2D eigenvalue weighted by Gasteiger charge is -2.34. The molecular formula is C43H30BNO2. The van der Waals surface area contributed by atoms with Gasteiger partial charge in [-0.15, -0.1) is 0 Å². The molecule has 222 valence electrons. The summed E-state index contributed by atoms with van der Waals surface area (Å²) in [6, 6.07) is 45.2. The number of allylic oxidation sites excluding steroid dienone is 5. The zero-order valence-electron chi connectivity index (χ0n) is 26.0. The van der Waals surface area contributed by atoms with Gasteiger partial charge in [0.25, 0.3) is 6.71 Å². The van der Waals surface area contributed by atoms with Crippen LogP contribution in [0.4, 0.5) is 0 Å². The molecule has 0 aliphatic carbocycles. The van der Waals surface area contributed by atoms with E-state index in [2.05, 4.69) is 145 Å². The number of aromatic nitrogens is 1. The summed E-state index contributed by atoms with van der Waals surface area (Å²) in [5.74, 6) is 3.38. The molecule has 0 unspecified atom stereocenters. The monoisotopic (exact) mass is 603 g/mol. The van der Waals surface area contributed by atoms with Gasteiger partial charge in [0.05, 0.1) is 16.7 Å². The molecule has 1 aromatic heterocycles. The number of hydrogen-bond donors (Lipinski definition) is 0. The van der Waals surface area contributed by atoms with Crippen molar-refractivity contribution in [2.24, 2.45) is 0 Å². The van der Waals surface area contributed by atoms with E-state index in [1.807, 2.05) is 18.2 Å². The third kappa shape index (κ3) is 4.37. The molecular weight excluding hydrogens is 573 g/mol. The first-order chi connectivity index (χ1) is 23.2. The molecule has 0 amide bonds. The Morgan fingerprint density at radius 1 is 0.617 bits per heavy atom. The van der Waals surface area contributed by atoms with E-state index in [1.54, 1.807) is 6.08 Å². The first-order valence-corrected chi connectivity index (χ1v) is 16.0. The Balaban J connectivity index is 1.27. The first kappa shape index (κ1) is 27.3. The van der Waals surface area contributed by atoms with Crippen LogP contribution < -0.4 is 25.9 Å². The zero-order valence-corrected chi connectivity index (χ0v) is 26.0. The Bertz CT molecular complexity index is 2400. The minimum atomic E-state index is -0.0245. The van der Waals surface area contributed by atoms with Gasteiger partial charge >= 0.3 is 0 Å². The van der Waals surface area contributed by atoms with Gasteiger partial charge in [-0.05, 0) is 64.4 Å². The fraction of sp³-hybridized carbons (Fsp3) is 0.0233. The van der Waals surface area contributed by atoms with E-state index >= 15 is 0 Å². The number of benzene rings is 6. The highest BCUT2D eigenvalue weighted by atomic mass is 16.5. The molecule has 2 aliphatic rings. The maximum absolute atomic E-state index is 6.86. The van der Waals surface area contributed by atoms with Crippen molar-refractivity contribution in [3.05, 3.63) is 164 Å². The van der Waals surface area contributed by atoms with E-state index in [0.717, 1.165) is 78.4 Å². The van der Waals surface area contributed by atoms with Crippen LogP contribution >= 0.6 is 0 Å². The average molecular weight is 604 g/mol. The number of para-hydroxylation sites is 2. The summed E-state index contributed by atoms with van der Waals surface area (Å²) in [4.78, 5) is 0. The molecule has 3 nitrogen and oxygen atoms in total. The number of ether oxygens (including phenoxy) is 2. The second-order valence-corrected chi connectivity index (χ2v) is 12.2. The van der Waals surface area contributed by atoms with E-state index in [1.165, 1.54) is 10.8 Å². The summed E-state index contributed by atoms with van der Waals surface area (Å²) in [6.07, 6.45) is 7.85. The predicted octanol–water partition coefficient (Wildman–Crippen LogP) is 9.32. The van der Waals surface area contributed by atoms with Gasteiger partial charge in [-0.3, -0.25) is 0 Å². The Morgan fingerprint density at radius 3 is 1.91 bits per heavy atom. The number of fused-ring (bicyclic) bond motifs is 7. The highest BCUT2D eigenvalue weighted by molar-refractivity contribution is 6.98. The Morgan fingerprint density at radius 2 is 1.23 bits per heavy atom. The number of hydrogen-bond acceptors (Lipinski definition) is 2. The van der Waals surface area contributed by atoms with Gasteiger partial charge in [-0.1, -0.05) is 122 Å². The third-order valence-corrected chi connectivity index (χ3v) is 9.46. The first-order valence-electron chi connectivity index (χ1n) is 16.0. The smallest absolute Gasteiger partial charge is 0.260 e. The molecule has 3 heterocycles. The van der Waals surface area contributed by atoms with Crippen molar-refractivity contribution in [1.29, 1.82) is 0 Å². The molecule has 0 atom stereocenters. The fourth-order valence-corrected chi connectivity index (χ4v) is 7.24. The van der Waals surface area contributed by atoms with Crippen molar-refractivity contribution in [2.45, 2.75) is 6.92 Å². The SMILES string of the molecule is C=C/C=C\C=C(/C)c1ccc2c(c1)Oc1cc(-n3c4ccccc4c4ccccc43)cc3c1B2c1ccc(-c2ccccc2)cc1O3. The van der Waals surface area contributed by atoms with Crippen LogP contribution in [0.25, 0.3) is 44.2 Å². The quantitative estimate of drug-likeness (QED) is 0.145. The molecule has 9 rings (SSSR count). The molecule has 0 bridgehead atoms. The predicted molar refractivity (Wildman–Crippen MR) is 197 cm³/mol. The number of rotatable bonds is 5. The normalized spacial score (nSPS) is 13.2. The Kier molecular flexibility index (Phi) is 6.29. The van der Waals surface area contributed by atoms with Crippen molar-refractivity contribution in [3.8, 4) is 39.8 Å². The van der Waals surface area contributed by atoms with Gasteiger partial charge in [-0.2, -0.15) is 0 Å². The van der Waals surface area contributed by atoms with Crippen LogP contribution in [0.1, 0.15) is 12.5 Å². The minimum absolute atomic E-state index is 0.0245. The highest BCUT2D eigenvalue weighted by Gasteiger charge is 2.41. The fourth-order valence-electron chi connectivity index (χ4n) is 7.24. The highest BCUT2D eigenvalue weighted by Crippen LogP contribution is 2.40. The molecule has 47 heavy (non-hydrogen) atoms. The van der Waals surface area contributed by atoms with E-state index in [0.29, 0.717) is 0 Å². The lowest BCUT2D eigenvalue weighted by Crippen LogP contribution is -2.57. The molecule has 6 aromatic carbocycles. The summed E-state index contributed by atoms with van der Waals surface area (Å²) < 4.78 is 16.0. The zero-order chi connectivity index (χ0) is 31.5. The van der Waals surface area contributed by atoms with Crippen LogP contribution in [0.5, 0.6) is 23.0 Å². The largest absolute Gasteiger partial charge is 0.458 e. The van der Waals surface area contributed by atoms with Gasteiger partial charge in [0.1, 0.15) is 23.0 Å². The van der Waals surface area contributed by atoms with Gasteiger partial charge in [-0.25, -0.2) is 0 Å². The van der Waals surface area contributed by atoms with E-state index in [9.17, 15) is 0 Å². The van der Waals surface area contributed by atoms with Crippen molar-refractivity contribution in [2.75, 3.05) is 0 Å². The van der Waals surface area contributed by atoms with E-state index in [4.69, 9.17) is 9.47 Å². The summed E-state index contributed by atoms with van der Waals surface area (Å²) in [7, 11) is 0. The van der Waals surface area contributed by atoms with Crippen LogP contribution in [-0.2, 0) is 0 Å². The molecule has 4 heteroatoms. The maximum Gasteiger partial charge on any atom is 0.260 e. The second kappa shape index (κ2) is 10.8. The molecule has 0 spiro atoms. The molecule has 0 N–H and O–H groups in total. The topological polar surface area (TPSA) is 23.4 Å². The third-order valence-electron chi connectivity index (χ3n) is 9.46. The van der Waals surface area contributed by atoms with Gasteiger partial charge in [0.15, 0.2) is 0 Å². The summed E-state index contributed by atoms with van der Waals surface area (Å²) >= 11 is 0. The lowest BCUT2D eigenvalue weighted by molar-refractivity contribution is 0.464. The molecule has 0 radical (unpaired) electrons. The minimum Gasteiger partial charge on any atom is -0.458 e. The molecule has 2 aliphatic heterocycles. The van der Waals surface area contributed by atoms with Crippen molar-refractivity contribution in [3.63, 3.8) is 0 Å². The maximum atomic E-state index is 6.86. The summed E-state index contributed by atoms with van der Waals surface area (Å²) in [5, 5.41) is 2.43. The van der Waals surface area contributed by atoms with Crippen LogP contribution in [0.3, 0.4) is 0 Å². The van der Waals surface area contributed by atoms with Crippen LogP contribution in [-0.4, -0.2) is 11.3 Å². The van der Waals surface area contributed by atoms with Crippen LogP contribution in [0.15, 0.2) is 158 Å². The van der Waals surface area contributed by atoms with Crippen LogP contribution in [0, 0.1) is 0 Å². The van der Waals surface area contributed by atoms with Crippen LogP contribution in [0.2, 0.25) is 0 Å². The molecule has 0 saturated heterocycles. The average Bonchev–Trinajstić information content (AvgIpc) is 3.45. The second-order valence-electron chi connectivity index (χ2n) is 12.2. The Labute approximate surface area is 274 Å². The number of nitrogens with zero attached hydrogens (tertiary/aromatic N) is 1. The molecule has 0 saturated carbocycles. The van der Waals surface area contributed by atoms with Crippen molar-refractivity contribution in [1.82, 2.24) is 4.57 Å². The standard InChI is InChI=1S/C43H30BNO2/c1-3-4-6-13-28(2)30-20-22-35-39(24-30)46-41-26-32(45-37-18-11-9-16-33(37)34-17-10-12-19-38(34)45)27-42-43(41)44(35)36-23-21-31(25-40(36)47-42)29-14-7-5-8-15-29/h3-27H,1H2,2H3/b6-4-,28-13+. The molecule has 0 fully saturated rings. The van der Waals surface area contributed by atoms with Gasteiger partial charge in [0, 0.05) is 28.4 Å². The van der Waals surface area contributed by atoms with E-state index in [-0.39, 0.29) is 6.71 Å². The summed E-state index contributed by atoms with van der Waals surface area (Å²) in [6.45, 7) is 5.89. The van der Waals surface area contributed by atoms with Gasteiger partial charge < -0.3 is 14.0 Å². The van der Waals surface area contributed by atoms with Gasteiger partial charge in [0.2, 0.25) is 0 Å². The summed E-state index contributed by atoms with van der Waals surface area (Å²) in [5.41, 5.74) is 11.2. The van der Waals surface area contributed by atoms with E-state index < -0.39 is 0 Å². The van der Waals surface area contributed by atoms with Crippen molar-refractivity contribution >= 4 is 50.5 Å². The Hall–Kier alpha value is -6.00. The lowest BCUT2D eigenvalue weighted by atomic mass is 9.34. The molecule has 7 aromatic rings.